The SMILES string of the molecule is Nc1cccc(Cl)c1S(=O)(=O)NCCc1ccccc1F. The number of hydrogen-bond acceptors (Lipinski definition) is 3. The minimum atomic E-state index is -3.83. The molecule has 0 aromatic heterocycles. The molecule has 7 heteroatoms. The Kier molecular flexibility index (Phi) is 4.82. The molecule has 21 heavy (non-hydrogen) atoms. The topological polar surface area (TPSA) is 72.2 Å². The summed E-state index contributed by atoms with van der Waals surface area (Å²) in [6.45, 7) is 0.0495. The molecule has 0 saturated carbocycles. The first-order chi connectivity index (χ1) is 9.92. The molecule has 0 fully saturated rings. The van der Waals surface area contributed by atoms with Crippen LogP contribution in [0.1, 0.15) is 5.56 Å². The van der Waals surface area contributed by atoms with Gasteiger partial charge >= 0.3 is 0 Å². The molecule has 4 nitrogen and oxygen atoms in total. The number of rotatable bonds is 5. The van der Waals surface area contributed by atoms with E-state index >= 15 is 0 Å². The largest absolute Gasteiger partial charge is 0.398 e. The third kappa shape index (κ3) is 3.72. The third-order valence-corrected chi connectivity index (χ3v) is 4.91. The fraction of sp³-hybridized carbons (Fsp3) is 0.143. The lowest BCUT2D eigenvalue weighted by molar-refractivity contribution is 0.578. The van der Waals surface area contributed by atoms with Gasteiger partial charge in [-0.15, -0.1) is 0 Å². The van der Waals surface area contributed by atoms with Crippen molar-refractivity contribution in [3.8, 4) is 0 Å². The molecule has 0 bridgehead atoms. The lowest BCUT2D eigenvalue weighted by Crippen LogP contribution is -2.27. The summed E-state index contributed by atoms with van der Waals surface area (Å²) < 4.78 is 40.2. The second-order valence-corrected chi connectivity index (χ2v) is 6.51. The van der Waals surface area contributed by atoms with Crippen molar-refractivity contribution in [1.29, 1.82) is 0 Å². The Morgan fingerprint density at radius 1 is 1.14 bits per heavy atom. The van der Waals surface area contributed by atoms with Crippen molar-refractivity contribution in [3.05, 3.63) is 58.9 Å². The molecular formula is C14H14ClFN2O2S. The van der Waals surface area contributed by atoms with Crippen LogP contribution in [0.15, 0.2) is 47.4 Å². The Labute approximate surface area is 127 Å². The van der Waals surface area contributed by atoms with E-state index < -0.39 is 10.0 Å². The van der Waals surface area contributed by atoms with Crippen LogP contribution in [-0.4, -0.2) is 15.0 Å². The first kappa shape index (κ1) is 15.8. The van der Waals surface area contributed by atoms with Gasteiger partial charge in [-0.2, -0.15) is 0 Å². The Balaban J connectivity index is 2.11. The van der Waals surface area contributed by atoms with Gasteiger partial charge in [0.05, 0.1) is 10.7 Å². The fourth-order valence-electron chi connectivity index (χ4n) is 1.90. The van der Waals surface area contributed by atoms with Crippen LogP contribution in [0.2, 0.25) is 5.02 Å². The van der Waals surface area contributed by atoms with Crippen LogP contribution < -0.4 is 10.5 Å². The number of nitrogen functional groups attached to an aromatic ring is 1. The summed E-state index contributed by atoms with van der Waals surface area (Å²) in [5.74, 6) is -0.367. The van der Waals surface area contributed by atoms with Crippen molar-refractivity contribution >= 4 is 27.3 Å². The van der Waals surface area contributed by atoms with E-state index in [1.165, 1.54) is 18.2 Å². The third-order valence-electron chi connectivity index (χ3n) is 2.91. The molecule has 0 atom stereocenters. The van der Waals surface area contributed by atoms with E-state index in [9.17, 15) is 12.8 Å². The summed E-state index contributed by atoms with van der Waals surface area (Å²) >= 11 is 5.88. The highest BCUT2D eigenvalue weighted by molar-refractivity contribution is 7.89. The number of halogens is 2. The first-order valence-electron chi connectivity index (χ1n) is 6.19. The molecule has 0 radical (unpaired) electrons. The van der Waals surface area contributed by atoms with Gasteiger partial charge in [-0.25, -0.2) is 17.5 Å². The normalized spacial score (nSPS) is 11.5. The average molecular weight is 329 g/mol. The van der Waals surface area contributed by atoms with Crippen molar-refractivity contribution in [2.24, 2.45) is 0 Å². The predicted octanol–water partition coefficient (Wildman–Crippen LogP) is 2.58. The molecule has 0 aliphatic carbocycles. The molecule has 0 unspecified atom stereocenters. The number of nitrogens with one attached hydrogen (secondary N) is 1. The monoisotopic (exact) mass is 328 g/mol. The van der Waals surface area contributed by atoms with Crippen molar-refractivity contribution in [1.82, 2.24) is 4.72 Å². The van der Waals surface area contributed by atoms with Crippen LogP contribution in [0.25, 0.3) is 0 Å². The van der Waals surface area contributed by atoms with E-state index in [1.54, 1.807) is 24.3 Å². The zero-order valence-corrected chi connectivity index (χ0v) is 12.6. The van der Waals surface area contributed by atoms with Crippen LogP contribution in [0.5, 0.6) is 0 Å². The predicted molar refractivity (Wildman–Crippen MR) is 81.2 cm³/mol. The Hall–Kier alpha value is -1.63. The van der Waals surface area contributed by atoms with Gasteiger partial charge in [0.25, 0.3) is 0 Å². The summed E-state index contributed by atoms with van der Waals surface area (Å²) in [4.78, 5) is -0.153. The summed E-state index contributed by atoms with van der Waals surface area (Å²) in [6.07, 6.45) is 0.232. The van der Waals surface area contributed by atoms with Crippen molar-refractivity contribution in [2.45, 2.75) is 11.3 Å². The van der Waals surface area contributed by atoms with E-state index in [4.69, 9.17) is 17.3 Å². The quantitative estimate of drug-likeness (QED) is 0.829. The Morgan fingerprint density at radius 3 is 2.52 bits per heavy atom. The van der Waals surface area contributed by atoms with Gasteiger partial charge in [-0.3, -0.25) is 0 Å². The van der Waals surface area contributed by atoms with Gasteiger partial charge in [-0.05, 0) is 30.2 Å². The van der Waals surface area contributed by atoms with E-state index in [-0.39, 0.29) is 34.4 Å². The molecule has 0 aliphatic heterocycles. The number of anilines is 1. The number of benzene rings is 2. The Morgan fingerprint density at radius 2 is 1.86 bits per heavy atom. The second kappa shape index (κ2) is 6.43. The minimum absolute atomic E-state index is 0.0494. The van der Waals surface area contributed by atoms with E-state index in [0.29, 0.717) is 5.56 Å². The zero-order chi connectivity index (χ0) is 15.5. The molecule has 0 amide bonds. The summed E-state index contributed by atoms with van der Waals surface area (Å²) in [5, 5.41) is 0.0494. The molecular weight excluding hydrogens is 315 g/mol. The van der Waals surface area contributed by atoms with E-state index in [1.807, 2.05) is 0 Å². The van der Waals surface area contributed by atoms with Crippen LogP contribution in [0.3, 0.4) is 0 Å². The molecule has 0 aliphatic rings. The van der Waals surface area contributed by atoms with E-state index in [0.717, 1.165) is 0 Å². The van der Waals surface area contributed by atoms with Crippen LogP contribution in [-0.2, 0) is 16.4 Å². The molecule has 112 valence electrons. The zero-order valence-electron chi connectivity index (χ0n) is 11.0. The highest BCUT2D eigenvalue weighted by Crippen LogP contribution is 2.26. The van der Waals surface area contributed by atoms with Crippen molar-refractivity contribution < 1.29 is 12.8 Å². The molecule has 3 N–H and O–H groups in total. The maximum Gasteiger partial charge on any atom is 0.244 e. The molecule has 2 aromatic carbocycles. The summed E-state index contributed by atoms with van der Waals surface area (Å²) in [5.41, 5.74) is 6.16. The number of sulfonamides is 1. The average Bonchev–Trinajstić information content (AvgIpc) is 2.40. The van der Waals surface area contributed by atoms with Crippen LogP contribution in [0.4, 0.5) is 10.1 Å². The van der Waals surface area contributed by atoms with Gasteiger partial charge < -0.3 is 5.73 Å². The van der Waals surface area contributed by atoms with Gasteiger partial charge in [0.15, 0.2) is 0 Å². The minimum Gasteiger partial charge on any atom is -0.398 e. The second-order valence-electron chi connectivity index (χ2n) is 4.40. The molecule has 0 heterocycles. The summed E-state index contributed by atoms with van der Waals surface area (Å²) in [7, 11) is -3.83. The molecule has 2 aromatic rings. The first-order valence-corrected chi connectivity index (χ1v) is 8.05. The van der Waals surface area contributed by atoms with E-state index in [2.05, 4.69) is 4.72 Å². The molecule has 0 spiro atoms. The van der Waals surface area contributed by atoms with Crippen LogP contribution in [0, 0.1) is 5.82 Å². The standard InChI is InChI=1S/C14H14ClFN2O2S/c15-11-5-3-7-13(17)14(11)21(19,20)18-9-8-10-4-1-2-6-12(10)16/h1-7,18H,8-9,17H2. The summed E-state index contributed by atoms with van der Waals surface area (Å²) in [6, 6.07) is 10.7. The van der Waals surface area contributed by atoms with Crippen molar-refractivity contribution in [3.63, 3.8) is 0 Å². The number of nitrogens with two attached hydrogens (primary N) is 1. The lowest BCUT2D eigenvalue weighted by atomic mass is 10.1. The maximum atomic E-state index is 13.4. The smallest absolute Gasteiger partial charge is 0.244 e. The maximum absolute atomic E-state index is 13.4. The fourth-order valence-corrected chi connectivity index (χ4v) is 3.61. The highest BCUT2D eigenvalue weighted by Gasteiger charge is 2.20. The van der Waals surface area contributed by atoms with Gasteiger partial charge in [-0.1, -0.05) is 35.9 Å². The highest BCUT2D eigenvalue weighted by atomic mass is 35.5. The van der Waals surface area contributed by atoms with Crippen LogP contribution >= 0.6 is 11.6 Å². The molecule has 2 rings (SSSR count). The number of hydrogen-bond donors (Lipinski definition) is 2. The Bertz CT molecular complexity index is 730. The van der Waals surface area contributed by atoms with Gasteiger partial charge in [0.1, 0.15) is 10.7 Å². The van der Waals surface area contributed by atoms with Gasteiger partial charge in [0, 0.05) is 6.54 Å². The van der Waals surface area contributed by atoms with Crippen molar-refractivity contribution in [2.75, 3.05) is 12.3 Å². The lowest BCUT2D eigenvalue weighted by Gasteiger charge is -2.10. The van der Waals surface area contributed by atoms with Gasteiger partial charge in [0.2, 0.25) is 10.0 Å². The molecule has 0 saturated heterocycles.